The molecule has 0 bridgehead atoms. The Morgan fingerprint density at radius 3 is 2.12 bits per heavy atom. The van der Waals surface area contributed by atoms with Gasteiger partial charge in [-0.1, -0.05) is 48.5 Å². The predicted molar refractivity (Wildman–Crippen MR) is 139 cm³/mol. The molecule has 34 heavy (non-hydrogen) atoms. The molecule has 0 aromatic heterocycles. The van der Waals surface area contributed by atoms with Gasteiger partial charge in [0.05, 0.1) is 6.04 Å². The number of nitrogens with one attached hydrogen (secondary N) is 1. The molecule has 3 aromatic rings. The fourth-order valence-corrected chi connectivity index (χ4v) is 4.31. The van der Waals surface area contributed by atoms with Crippen LogP contribution < -0.4 is 19.9 Å². The minimum atomic E-state index is -0.110. The number of carbonyl (C=O) groups is 1. The Labute approximate surface area is 202 Å². The van der Waals surface area contributed by atoms with Gasteiger partial charge in [-0.05, 0) is 42.0 Å². The number of nitrogens with zero attached hydrogens (tertiary/aromatic N) is 3. The highest BCUT2D eigenvalue weighted by Gasteiger charge is 2.26. The fourth-order valence-electron chi connectivity index (χ4n) is 4.31. The summed E-state index contributed by atoms with van der Waals surface area (Å²) in [5, 5.41) is 3.10. The lowest BCUT2D eigenvalue weighted by atomic mass is 10.0. The molecule has 1 heterocycles. The van der Waals surface area contributed by atoms with Gasteiger partial charge < -0.3 is 19.9 Å². The number of ether oxygens (including phenoxy) is 1. The van der Waals surface area contributed by atoms with Crippen molar-refractivity contribution in [3.8, 4) is 5.75 Å². The summed E-state index contributed by atoms with van der Waals surface area (Å²) in [4.78, 5) is 19.5. The van der Waals surface area contributed by atoms with Crippen molar-refractivity contribution < 1.29 is 9.53 Å². The quantitative estimate of drug-likeness (QED) is 0.528. The number of hydrogen-bond acceptors (Lipinski definition) is 5. The van der Waals surface area contributed by atoms with Crippen molar-refractivity contribution in [2.75, 3.05) is 63.2 Å². The molecule has 4 rings (SSSR count). The predicted octanol–water partition coefficient (Wildman–Crippen LogP) is 3.81. The molecule has 3 aromatic carbocycles. The molecule has 1 fully saturated rings. The van der Waals surface area contributed by atoms with Crippen molar-refractivity contribution in [3.63, 3.8) is 0 Å². The van der Waals surface area contributed by atoms with Crippen LogP contribution in [-0.2, 0) is 4.79 Å². The van der Waals surface area contributed by atoms with E-state index in [2.05, 4.69) is 74.6 Å². The summed E-state index contributed by atoms with van der Waals surface area (Å²) in [7, 11) is 4.09. The van der Waals surface area contributed by atoms with Crippen molar-refractivity contribution in [3.05, 3.63) is 90.5 Å². The van der Waals surface area contributed by atoms with Gasteiger partial charge in [-0.25, -0.2) is 0 Å². The topological polar surface area (TPSA) is 48.1 Å². The maximum atomic E-state index is 12.5. The summed E-state index contributed by atoms with van der Waals surface area (Å²) in [6.45, 7) is 4.35. The Morgan fingerprint density at radius 2 is 1.50 bits per heavy atom. The third kappa shape index (κ3) is 6.29. The molecular formula is C28H34N4O2. The lowest BCUT2D eigenvalue weighted by Crippen LogP contribution is -2.50. The zero-order chi connectivity index (χ0) is 23.8. The monoisotopic (exact) mass is 458 g/mol. The molecule has 6 heteroatoms. The van der Waals surface area contributed by atoms with Crippen LogP contribution >= 0.6 is 0 Å². The molecule has 1 saturated heterocycles. The fraction of sp³-hybridized carbons (Fsp3) is 0.321. The van der Waals surface area contributed by atoms with E-state index in [1.807, 2.05) is 44.4 Å². The molecule has 1 N–H and O–H groups in total. The number of carbonyl (C=O) groups excluding carboxylic acids is 1. The number of rotatable bonds is 9. The molecule has 6 nitrogen and oxygen atoms in total. The van der Waals surface area contributed by atoms with Crippen LogP contribution in [0.2, 0.25) is 0 Å². The molecule has 1 aliphatic rings. The molecule has 178 valence electrons. The van der Waals surface area contributed by atoms with E-state index in [1.165, 1.54) is 11.3 Å². The van der Waals surface area contributed by atoms with Crippen molar-refractivity contribution in [1.82, 2.24) is 10.2 Å². The van der Waals surface area contributed by atoms with E-state index in [4.69, 9.17) is 4.74 Å². The maximum absolute atomic E-state index is 12.5. The van der Waals surface area contributed by atoms with E-state index in [0.29, 0.717) is 12.3 Å². The summed E-state index contributed by atoms with van der Waals surface area (Å²) in [6, 6.07) is 28.7. The van der Waals surface area contributed by atoms with Crippen LogP contribution in [0.3, 0.4) is 0 Å². The highest BCUT2D eigenvalue weighted by molar-refractivity contribution is 5.77. The number of amides is 1. The average molecular weight is 459 g/mol. The number of piperazine rings is 1. The Morgan fingerprint density at radius 1 is 0.882 bits per heavy atom. The second-order valence-corrected chi connectivity index (χ2v) is 8.77. The summed E-state index contributed by atoms with van der Waals surface area (Å²) < 4.78 is 5.62. The first-order valence-electron chi connectivity index (χ1n) is 11.9. The largest absolute Gasteiger partial charge is 0.484 e. The average Bonchev–Trinajstić information content (AvgIpc) is 2.89. The molecular weight excluding hydrogens is 424 g/mol. The van der Waals surface area contributed by atoms with Crippen molar-refractivity contribution in [2.45, 2.75) is 6.04 Å². The first-order chi connectivity index (χ1) is 16.6. The Bertz CT molecular complexity index is 1020. The molecule has 1 aliphatic heterocycles. The third-order valence-corrected chi connectivity index (χ3v) is 6.28. The van der Waals surface area contributed by atoms with Crippen LogP contribution in [0.15, 0.2) is 84.9 Å². The summed E-state index contributed by atoms with van der Waals surface area (Å²) in [6.07, 6.45) is 0. The van der Waals surface area contributed by atoms with Crippen molar-refractivity contribution in [1.29, 1.82) is 0 Å². The highest BCUT2D eigenvalue weighted by Crippen LogP contribution is 2.25. The smallest absolute Gasteiger partial charge is 0.258 e. The van der Waals surface area contributed by atoms with Gasteiger partial charge in [-0.3, -0.25) is 9.69 Å². The second kappa shape index (κ2) is 11.6. The van der Waals surface area contributed by atoms with Crippen LogP contribution in [-0.4, -0.2) is 64.2 Å². The SMILES string of the molecule is CN(C)c1ccc([C@H](CNC(=O)COc2ccccc2)N2CCN(c3ccccc3)CC2)cc1. The molecule has 0 unspecified atom stereocenters. The van der Waals surface area contributed by atoms with E-state index >= 15 is 0 Å². The number of benzene rings is 3. The summed E-state index contributed by atoms with van der Waals surface area (Å²) >= 11 is 0. The Kier molecular flexibility index (Phi) is 8.04. The Balaban J connectivity index is 1.40. The number of hydrogen-bond donors (Lipinski definition) is 1. The van der Waals surface area contributed by atoms with Crippen LogP contribution in [0.1, 0.15) is 11.6 Å². The van der Waals surface area contributed by atoms with E-state index in [-0.39, 0.29) is 18.6 Å². The number of para-hydroxylation sites is 2. The van der Waals surface area contributed by atoms with Crippen LogP contribution in [0.25, 0.3) is 0 Å². The van der Waals surface area contributed by atoms with Crippen molar-refractivity contribution >= 4 is 17.3 Å². The first-order valence-corrected chi connectivity index (χ1v) is 11.9. The lowest BCUT2D eigenvalue weighted by Gasteiger charge is -2.40. The van der Waals surface area contributed by atoms with Crippen molar-refractivity contribution in [2.24, 2.45) is 0 Å². The van der Waals surface area contributed by atoms with Crippen LogP contribution in [0.4, 0.5) is 11.4 Å². The highest BCUT2D eigenvalue weighted by atomic mass is 16.5. The van der Waals surface area contributed by atoms with E-state index in [1.54, 1.807) is 0 Å². The second-order valence-electron chi connectivity index (χ2n) is 8.77. The van der Waals surface area contributed by atoms with Gasteiger partial charge in [-0.15, -0.1) is 0 Å². The molecule has 0 spiro atoms. The van der Waals surface area contributed by atoms with Gasteiger partial charge >= 0.3 is 0 Å². The zero-order valence-electron chi connectivity index (χ0n) is 20.1. The van der Waals surface area contributed by atoms with Crippen LogP contribution in [0.5, 0.6) is 5.75 Å². The zero-order valence-corrected chi connectivity index (χ0v) is 20.1. The van der Waals surface area contributed by atoms with Gasteiger partial charge in [0.2, 0.25) is 0 Å². The minimum Gasteiger partial charge on any atom is -0.484 e. The molecule has 0 aliphatic carbocycles. The molecule has 0 saturated carbocycles. The van der Waals surface area contributed by atoms with Gasteiger partial charge in [0, 0.05) is 58.2 Å². The first kappa shape index (κ1) is 23.6. The van der Waals surface area contributed by atoms with Gasteiger partial charge in [0.25, 0.3) is 5.91 Å². The Hall–Kier alpha value is -3.51. The van der Waals surface area contributed by atoms with E-state index < -0.39 is 0 Å². The minimum absolute atomic E-state index is 0.0120. The lowest BCUT2D eigenvalue weighted by molar-refractivity contribution is -0.123. The van der Waals surface area contributed by atoms with E-state index in [9.17, 15) is 4.79 Å². The molecule has 1 amide bonds. The normalized spacial score (nSPS) is 14.9. The molecule has 0 radical (unpaired) electrons. The van der Waals surface area contributed by atoms with E-state index in [0.717, 1.165) is 31.9 Å². The third-order valence-electron chi connectivity index (χ3n) is 6.28. The molecule has 1 atom stereocenters. The van der Waals surface area contributed by atoms with Gasteiger partial charge in [0.1, 0.15) is 5.75 Å². The summed E-state index contributed by atoms with van der Waals surface area (Å²) in [5.41, 5.74) is 3.64. The van der Waals surface area contributed by atoms with Gasteiger partial charge in [0.15, 0.2) is 6.61 Å². The number of anilines is 2. The van der Waals surface area contributed by atoms with Crippen LogP contribution in [0, 0.1) is 0 Å². The maximum Gasteiger partial charge on any atom is 0.258 e. The standard InChI is InChI=1S/C28H34N4O2/c1-30(2)24-15-13-23(14-16-24)27(21-29-28(33)22-34-26-11-7-4-8-12-26)32-19-17-31(18-20-32)25-9-5-3-6-10-25/h3-16,27H,17-22H2,1-2H3,(H,29,33)/t27-/m0/s1. The van der Waals surface area contributed by atoms with Gasteiger partial charge in [-0.2, -0.15) is 0 Å². The summed E-state index contributed by atoms with van der Waals surface area (Å²) in [5.74, 6) is 0.590.